The zero-order chi connectivity index (χ0) is 15.3. The van der Waals surface area contributed by atoms with E-state index in [1.807, 2.05) is 19.1 Å². The minimum absolute atomic E-state index is 0.0632. The summed E-state index contributed by atoms with van der Waals surface area (Å²) in [5.74, 6) is 0.407. The van der Waals surface area contributed by atoms with Crippen LogP contribution < -0.4 is 20.9 Å². The maximum Gasteiger partial charge on any atom is 0.223 e. The summed E-state index contributed by atoms with van der Waals surface area (Å²) in [5, 5.41) is 0. The standard InChI is InChI=1S/C14H21BrN2O3/c1-8(14(17)18)7-20-13-11(15)5-10(4-9(2)16)6-12(13)19-3/h5-6,8-9H,4,7,16H2,1-3H3,(H2,17,18). The van der Waals surface area contributed by atoms with Gasteiger partial charge in [-0.3, -0.25) is 4.79 Å². The second kappa shape index (κ2) is 7.50. The van der Waals surface area contributed by atoms with Crippen LogP contribution in [0.2, 0.25) is 0 Å². The Hall–Kier alpha value is -1.27. The largest absolute Gasteiger partial charge is 0.493 e. The molecule has 0 aliphatic heterocycles. The molecular weight excluding hydrogens is 324 g/mol. The van der Waals surface area contributed by atoms with Crippen LogP contribution >= 0.6 is 15.9 Å². The number of rotatable bonds is 7. The molecular formula is C14H21BrN2O3. The number of ether oxygens (including phenoxy) is 2. The van der Waals surface area contributed by atoms with Crippen molar-refractivity contribution in [1.29, 1.82) is 0 Å². The fourth-order valence-electron chi connectivity index (χ4n) is 1.69. The molecule has 1 aromatic rings. The van der Waals surface area contributed by atoms with Gasteiger partial charge in [0.25, 0.3) is 0 Å². The first-order valence-electron chi connectivity index (χ1n) is 6.39. The maximum atomic E-state index is 11.0. The third kappa shape index (κ3) is 4.68. The molecule has 1 aromatic carbocycles. The second-order valence-corrected chi connectivity index (χ2v) is 5.76. The molecule has 0 aliphatic rings. The van der Waals surface area contributed by atoms with E-state index in [9.17, 15) is 4.79 Å². The predicted molar refractivity (Wildman–Crippen MR) is 81.9 cm³/mol. The molecule has 112 valence electrons. The highest BCUT2D eigenvalue weighted by Crippen LogP contribution is 2.37. The Morgan fingerprint density at radius 2 is 2.05 bits per heavy atom. The summed E-state index contributed by atoms with van der Waals surface area (Å²) in [6, 6.07) is 3.89. The monoisotopic (exact) mass is 344 g/mol. The van der Waals surface area contributed by atoms with Crippen molar-refractivity contribution < 1.29 is 14.3 Å². The van der Waals surface area contributed by atoms with Gasteiger partial charge < -0.3 is 20.9 Å². The summed E-state index contributed by atoms with van der Waals surface area (Å²) < 4.78 is 11.7. The zero-order valence-electron chi connectivity index (χ0n) is 12.0. The quantitative estimate of drug-likeness (QED) is 0.789. The highest BCUT2D eigenvalue weighted by Gasteiger charge is 2.15. The summed E-state index contributed by atoms with van der Waals surface area (Å²) in [6.07, 6.45) is 0.743. The predicted octanol–water partition coefficient (Wildman–Crippen LogP) is 1.85. The molecule has 0 aromatic heterocycles. The normalized spacial score (nSPS) is 13.7. The van der Waals surface area contributed by atoms with Crippen molar-refractivity contribution in [3.63, 3.8) is 0 Å². The van der Waals surface area contributed by atoms with E-state index in [4.69, 9.17) is 20.9 Å². The van der Waals surface area contributed by atoms with E-state index < -0.39 is 5.91 Å². The number of methoxy groups -OCH3 is 1. The molecule has 0 bridgehead atoms. The molecule has 0 saturated heterocycles. The highest BCUT2D eigenvalue weighted by atomic mass is 79.9. The summed E-state index contributed by atoms with van der Waals surface area (Å²) in [6.45, 7) is 3.86. The van der Waals surface area contributed by atoms with Crippen molar-refractivity contribution in [1.82, 2.24) is 0 Å². The molecule has 4 N–H and O–H groups in total. The van der Waals surface area contributed by atoms with Crippen LogP contribution in [0, 0.1) is 5.92 Å². The number of hydrogen-bond donors (Lipinski definition) is 2. The molecule has 0 spiro atoms. The molecule has 2 unspecified atom stereocenters. The summed E-state index contributed by atoms with van der Waals surface area (Å²) >= 11 is 3.45. The third-order valence-corrected chi connectivity index (χ3v) is 3.40. The van der Waals surface area contributed by atoms with Gasteiger partial charge in [0.2, 0.25) is 5.91 Å². The van der Waals surface area contributed by atoms with E-state index in [1.54, 1.807) is 14.0 Å². The molecule has 5 nitrogen and oxygen atoms in total. The van der Waals surface area contributed by atoms with Gasteiger partial charge in [0.15, 0.2) is 11.5 Å². The van der Waals surface area contributed by atoms with Crippen LogP contribution in [0.3, 0.4) is 0 Å². The number of hydrogen-bond acceptors (Lipinski definition) is 4. The average Bonchev–Trinajstić information content (AvgIpc) is 2.35. The van der Waals surface area contributed by atoms with E-state index in [0.717, 1.165) is 16.5 Å². The molecule has 0 radical (unpaired) electrons. The Balaban J connectivity index is 2.93. The number of halogens is 1. The van der Waals surface area contributed by atoms with E-state index in [2.05, 4.69) is 15.9 Å². The van der Waals surface area contributed by atoms with Crippen molar-refractivity contribution in [2.75, 3.05) is 13.7 Å². The van der Waals surface area contributed by atoms with Crippen LogP contribution in [0.4, 0.5) is 0 Å². The van der Waals surface area contributed by atoms with Crippen LogP contribution in [-0.4, -0.2) is 25.7 Å². The molecule has 6 heteroatoms. The number of primary amides is 1. The smallest absolute Gasteiger partial charge is 0.223 e. The van der Waals surface area contributed by atoms with Crippen molar-refractivity contribution in [2.45, 2.75) is 26.3 Å². The minimum atomic E-state index is -0.395. The Morgan fingerprint density at radius 1 is 1.40 bits per heavy atom. The number of benzene rings is 1. The molecule has 2 atom stereocenters. The fraction of sp³-hybridized carbons (Fsp3) is 0.500. The number of amides is 1. The van der Waals surface area contributed by atoms with E-state index in [0.29, 0.717) is 11.5 Å². The topological polar surface area (TPSA) is 87.6 Å². The van der Waals surface area contributed by atoms with Crippen molar-refractivity contribution in [3.05, 3.63) is 22.2 Å². The molecule has 20 heavy (non-hydrogen) atoms. The van der Waals surface area contributed by atoms with Crippen molar-refractivity contribution >= 4 is 21.8 Å². The van der Waals surface area contributed by atoms with Gasteiger partial charge in [0.1, 0.15) is 0 Å². The fourth-order valence-corrected chi connectivity index (χ4v) is 2.30. The summed E-state index contributed by atoms with van der Waals surface area (Å²) in [5.41, 5.74) is 12.1. The zero-order valence-corrected chi connectivity index (χ0v) is 13.6. The van der Waals surface area contributed by atoms with Crippen LogP contribution in [-0.2, 0) is 11.2 Å². The first-order chi connectivity index (χ1) is 9.35. The molecule has 0 fully saturated rings. The van der Waals surface area contributed by atoms with Gasteiger partial charge in [-0.1, -0.05) is 6.92 Å². The first-order valence-corrected chi connectivity index (χ1v) is 7.18. The average molecular weight is 345 g/mol. The second-order valence-electron chi connectivity index (χ2n) is 4.90. The molecule has 0 heterocycles. The summed E-state index contributed by atoms with van der Waals surface area (Å²) in [7, 11) is 1.57. The van der Waals surface area contributed by atoms with Gasteiger partial charge in [-0.2, -0.15) is 0 Å². The van der Waals surface area contributed by atoms with Crippen LogP contribution in [0.5, 0.6) is 11.5 Å². The Morgan fingerprint density at radius 3 is 2.55 bits per heavy atom. The molecule has 0 aliphatic carbocycles. The SMILES string of the molecule is COc1cc(CC(C)N)cc(Br)c1OCC(C)C(N)=O. The van der Waals surface area contributed by atoms with Gasteiger partial charge in [-0.15, -0.1) is 0 Å². The maximum absolute atomic E-state index is 11.0. The molecule has 0 saturated carbocycles. The Kier molecular flexibility index (Phi) is 6.29. The number of carbonyl (C=O) groups is 1. The minimum Gasteiger partial charge on any atom is -0.493 e. The number of carbonyl (C=O) groups excluding carboxylic acids is 1. The molecule has 1 rings (SSSR count). The van der Waals surface area contributed by atoms with Crippen LogP contribution in [0.1, 0.15) is 19.4 Å². The Bertz CT molecular complexity index is 478. The van der Waals surface area contributed by atoms with Gasteiger partial charge >= 0.3 is 0 Å². The first kappa shape index (κ1) is 16.8. The number of nitrogens with two attached hydrogens (primary N) is 2. The lowest BCUT2D eigenvalue weighted by Gasteiger charge is -2.16. The van der Waals surface area contributed by atoms with Crippen LogP contribution in [0.25, 0.3) is 0 Å². The summed E-state index contributed by atoms with van der Waals surface area (Å²) in [4.78, 5) is 11.0. The van der Waals surface area contributed by atoms with Crippen LogP contribution in [0.15, 0.2) is 16.6 Å². The lowest BCUT2D eigenvalue weighted by Crippen LogP contribution is -2.26. The van der Waals surface area contributed by atoms with Gasteiger partial charge in [0, 0.05) is 6.04 Å². The van der Waals surface area contributed by atoms with Crippen molar-refractivity contribution in [2.24, 2.45) is 17.4 Å². The van der Waals surface area contributed by atoms with Gasteiger partial charge in [-0.05, 0) is 47.0 Å². The van der Waals surface area contributed by atoms with Gasteiger partial charge in [0.05, 0.1) is 24.1 Å². The molecule has 1 amide bonds. The third-order valence-electron chi connectivity index (χ3n) is 2.81. The van der Waals surface area contributed by atoms with Gasteiger partial charge in [-0.25, -0.2) is 0 Å². The van der Waals surface area contributed by atoms with E-state index in [-0.39, 0.29) is 18.6 Å². The lowest BCUT2D eigenvalue weighted by atomic mass is 10.1. The lowest BCUT2D eigenvalue weighted by molar-refractivity contribution is -0.122. The highest BCUT2D eigenvalue weighted by molar-refractivity contribution is 9.10. The van der Waals surface area contributed by atoms with Crippen molar-refractivity contribution in [3.8, 4) is 11.5 Å². The van der Waals surface area contributed by atoms with E-state index >= 15 is 0 Å². The van der Waals surface area contributed by atoms with E-state index in [1.165, 1.54) is 0 Å². The Labute approximate surface area is 127 Å².